The van der Waals surface area contributed by atoms with Crippen LogP contribution in [0.15, 0.2) is 24.3 Å². The largest absolute Gasteiger partial charge is 0.326 e. The summed E-state index contributed by atoms with van der Waals surface area (Å²) in [5.41, 5.74) is 0.906. The first kappa shape index (κ1) is 19.9. The zero-order valence-corrected chi connectivity index (χ0v) is 15.8. The molecule has 2 aliphatic heterocycles. The number of hydrogen-bond acceptors (Lipinski definition) is 8. The van der Waals surface area contributed by atoms with Gasteiger partial charge in [-0.3, -0.25) is 39.4 Å². The standard InChI is InChI=1S/C16H14N4O6S2/c21-11(5-9-13(23)19-15(25)27-9)17-7-1-2-8(4-3-7)18-12(22)6-10-14(24)20-16(26)28-10/h1-4,9-10H,5-6H2,(H,17,21)(H,18,22)(H,19,23,25)(H,20,24,26)/t9-,10-/m1/s1. The van der Waals surface area contributed by atoms with Crippen molar-refractivity contribution < 1.29 is 28.8 Å². The molecule has 0 aromatic heterocycles. The number of anilines is 2. The molecular formula is C16H14N4O6S2. The summed E-state index contributed by atoms with van der Waals surface area (Å²) in [6, 6.07) is 6.23. The van der Waals surface area contributed by atoms with Crippen molar-refractivity contribution in [2.75, 3.05) is 10.6 Å². The van der Waals surface area contributed by atoms with Gasteiger partial charge in [0.15, 0.2) is 0 Å². The average molecular weight is 422 g/mol. The van der Waals surface area contributed by atoms with Gasteiger partial charge >= 0.3 is 0 Å². The molecular weight excluding hydrogens is 408 g/mol. The van der Waals surface area contributed by atoms with E-state index in [0.717, 1.165) is 23.5 Å². The van der Waals surface area contributed by atoms with Crippen LogP contribution in [0.25, 0.3) is 0 Å². The van der Waals surface area contributed by atoms with Crippen molar-refractivity contribution in [3.63, 3.8) is 0 Å². The topological polar surface area (TPSA) is 151 Å². The fraction of sp³-hybridized carbons (Fsp3) is 0.250. The highest BCUT2D eigenvalue weighted by atomic mass is 32.2. The Bertz CT molecular complexity index is 801. The first-order valence-corrected chi connectivity index (χ1v) is 9.79. The van der Waals surface area contributed by atoms with Crippen LogP contribution in [0.1, 0.15) is 12.8 Å². The molecule has 2 fully saturated rings. The van der Waals surface area contributed by atoms with E-state index in [1.807, 2.05) is 0 Å². The Morgan fingerprint density at radius 1 is 0.750 bits per heavy atom. The zero-order chi connectivity index (χ0) is 20.3. The fourth-order valence-corrected chi connectivity index (χ4v) is 4.09. The van der Waals surface area contributed by atoms with E-state index in [-0.39, 0.29) is 12.8 Å². The van der Waals surface area contributed by atoms with Gasteiger partial charge in [-0.25, -0.2) is 0 Å². The van der Waals surface area contributed by atoms with Crippen LogP contribution in [0.4, 0.5) is 21.0 Å². The van der Waals surface area contributed by atoms with Crippen molar-refractivity contribution in [1.82, 2.24) is 10.6 Å². The van der Waals surface area contributed by atoms with Crippen LogP contribution >= 0.6 is 23.5 Å². The Morgan fingerprint density at radius 3 is 1.39 bits per heavy atom. The molecule has 0 saturated carbocycles. The van der Waals surface area contributed by atoms with E-state index in [2.05, 4.69) is 21.3 Å². The summed E-state index contributed by atoms with van der Waals surface area (Å²) in [5, 5.41) is 7.00. The van der Waals surface area contributed by atoms with Crippen LogP contribution in [0.2, 0.25) is 0 Å². The summed E-state index contributed by atoms with van der Waals surface area (Å²) in [6.45, 7) is 0. The van der Waals surface area contributed by atoms with E-state index in [1.54, 1.807) is 24.3 Å². The molecule has 0 bridgehead atoms. The lowest BCUT2D eigenvalue weighted by Gasteiger charge is -2.10. The van der Waals surface area contributed by atoms with Crippen LogP contribution in [0, 0.1) is 0 Å². The summed E-state index contributed by atoms with van der Waals surface area (Å²) in [5.74, 6) is -1.82. The number of benzene rings is 1. The van der Waals surface area contributed by atoms with Crippen molar-refractivity contribution in [3.05, 3.63) is 24.3 Å². The maximum Gasteiger partial charge on any atom is 0.286 e. The molecule has 4 N–H and O–H groups in total. The fourth-order valence-electron chi connectivity index (χ4n) is 2.45. The first-order chi connectivity index (χ1) is 13.3. The van der Waals surface area contributed by atoms with E-state index in [4.69, 9.17) is 0 Å². The lowest BCUT2D eigenvalue weighted by atomic mass is 10.2. The molecule has 10 nitrogen and oxygen atoms in total. The first-order valence-electron chi connectivity index (χ1n) is 8.03. The van der Waals surface area contributed by atoms with E-state index >= 15 is 0 Å². The number of carbonyl (C=O) groups excluding carboxylic acids is 6. The molecule has 2 atom stereocenters. The number of amides is 6. The van der Waals surface area contributed by atoms with Crippen molar-refractivity contribution in [3.8, 4) is 0 Å². The number of carbonyl (C=O) groups is 6. The Balaban J connectivity index is 1.48. The molecule has 1 aromatic carbocycles. The van der Waals surface area contributed by atoms with Gasteiger partial charge in [-0.05, 0) is 24.3 Å². The maximum atomic E-state index is 12.0. The van der Waals surface area contributed by atoms with Gasteiger partial charge in [0.1, 0.15) is 10.5 Å². The molecule has 0 aliphatic carbocycles. The molecule has 28 heavy (non-hydrogen) atoms. The third kappa shape index (κ3) is 5.10. The number of rotatable bonds is 6. The summed E-state index contributed by atoms with van der Waals surface area (Å²) in [6.07, 6.45) is -0.277. The van der Waals surface area contributed by atoms with Gasteiger partial charge < -0.3 is 10.6 Å². The van der Waals surface area contributed by atoms with Crippen LogP contribution in [0.5, 0.6) is 0 Å². The molecule has 2 heterocycles. The normalized spacial score (nSPS) is 21.3. The molecule has 6 amide bonds. The van der Waals surface area contributed by atoms with Crippen molar-refractivity contribution in [2.24, 2.45) is 0 Å². The lowest BCUT2D eigenvalue weighted by Crippen LogP contribution is -2.27. The second kappa shape index (κ2) is 8.44. The Hall–Kier alpha value is -2.86. The van der Waals surface area contributed by atoms with Gasteiger partial charge in [0.25, 0.3) is 10.5 Å². The maximum absolute atomic E-state index is 12.0. The molecule has 1 aromatic rings. The quantitative estimate of drug-likeness (QED) is 0.531. The summed E-state index contributed by atoms with van der Waals surface area (Å²) < 4.78 is 0. The predicted octanol–water partition coefficient (Wildman–Crippen LogP) is 1.05. The van der Waals surface area contributed by atoms with Gasteiger partial charge in [0, 0.05) is 24.2 Å². The average Bonchev–Trinajstić information content (AvgIpc) is 3.09. The number of nitrogens with one attached hydrogen (secondary N) is 4. The second-order valence-electron chi connectivity index (χ2n) is 5.85. The monoisotopic (exact) mass is 422 g/mol. The summed E-state index contributed by atoms with van der Waals surface area (Å²) >= 11 is 1.55. The molecule has 2 aliphatic rings. The van der Waals surface area contributed by atoms with E-state index < -0.39 is 44.6 Å². The van der Waals surface area contributed by atoms with Crippen LogP contribution in [-0.2, 0) is 19.2 Å². The van der Waals surface area contributed by atoms with Crippen LogP contribution < -0.4 is 21.3 Å². The van der Waals surface area contributed by atoms with E-state index in [9.17, 15) is 28.8 Å². The van der Waals surface area contributed by atoms with Crippen LogP contribution in [-0.4, -0.2) is 44.6 Å². The molecule has 12 heteroatoms. The summed E-state index contributed by atoms with van der Waals surface area (Å²) in [7, 11) is 0. The number of hydrogen-bond donors (Lipinski definition) is 4. The minimum atomic E-state index is -0.747. The van der Waals surface area contributed by atoms with Gasteiger partial charge in [-0.15, -0.1) is 0 Å². The zero-order valence-electron chi connectivity index (χ0n) is 14.1. The van der Waals surface area contributed by atoms with Crippen molar-refractivity contribution in [1.29, 1.82) is 0 Å². The highest BCUT2D eigenvalue weighted by Gasteiger charge is 2.34. The lowest BCUT2D eigenvalue weighted by molar-refractivity contribution is -0.122. The minimum Gasteiger partial charge on any atom is -0.326 e. The highest BCUT2D eigenvalue weighted by molar-refractivity contribution is 8.15. The minimum absolute atomic E-state index is 0.138. The predicted molar refractivity (Wildman–Crippen MR) is 103 cm³/mol. The van der Waals surface area contributed by atoms with E-state index in [1.165, 1.54) is 0 Å². The second-order valence-corrected chi connectivity index (χ2v) is 8.20. The molecule has 0 radical (unpaired) electrons. The highest BCUT2D eigenvalue weighted by Crippen LogP contribution is 2.24. The molecule has 3 rings (SSSR count). The molecule has 2 saturated heterocycles. The Morgan fingerprint density at radius 2 is 1.11 bits per heavy atom. The van der Waals surface area contributed by atoms with Crippen LogP contribution in [0.3, 0.4) is 0 Å². The van der Waals surface area contributed by atoms with Crippen molar-refractivity contribution >= 4 is 69.0 Å². The number of imide groups is 2. The SMILES string of the molecule is O=C(C[C@H]1SC(=O)NC1=O)Nc1ccc(NC(=O)C[C@H]2SC(=O)NC2=O)cc1. The molecule has 146 valence electrons. The van der Waals surface area contributed by atoms with Crippen molar-refractivity contribution in [2.45, 2.75) is 23.3 Å². The van der Waals surface area contributed by atoms with Gasteiger partial charge in [0.2, 0.25) is 23.6 Å². The molecule has 0 spiro atoms. The molecule has 0 unspecified atom stereocenters. The van der Waals surface area contributed by atoms with Gasteiger partial charge in [-0.1, -0.05) is 23.5 Å². The Labute approximate surface area is 166 Å². The van der Waals surface area contributed by atoms with Gasteiger partial charge in [0.05, 0.1) is 0 Å². The summed E-state index contributed by atoms with van der Waals surface area (Å²) in [4.78, 5) is 69.1. The van der Waals surface area contributed by atoms with Gasteiger partial charge in [-0.2, -0.15) is 0 Å². The third-order valence-corrected chi connectivity index (χ3v) is 5.69. The third-order valence-electron chi connectivity index (χ3n) is 3.73. The Kier molecular flexibility index (Phi) is 5.99. The number of thioether (sulfide) groups is 2. The smallest absolute Gasteiger partial charge is 0.286 e. The van der Waals surface area contributed by atoms with E-state index in [0.29, 0.717) is 11.4 Å².